The Morgan fingerprint density at radius 1 is 1.33 bits per heavy atom. The summed E-state index contributed by atoms with van der Waals surface area (Å²) < 4.78 is 0. The van der Waals surface area contributed by atoms with Crippen molar-refractivity contribution in [3.63, 3.8) is 0 Å². The topological polar surface area (TPSA) is 20.2 Å². The molecule has 0 aromatic rings. The maximum Gasteiger partial charge on any atom is 0.0620 e. The maximum atomic E-state index is 9.81. The van der Waals surface area contributed by atoms with Gasteiger partial charge in [-0.15, -0.1) is 0 Å². The predicted octanol–water partition coefficient (Wildman–Crippen LogP) is 2.49. The van der Waals surface area contributed by atoms with Gasteiger partial charge in [0.15, 0.2) is 0 Å². The molecule has 0 spiro atoms. The highest BCUT2D eigenvalue weighted by Gasteiger charge is 2.33. The van der Waals surface area contributed by atoms with Crippen molar-refractivity contribution < 1.29 is 5.11 Å². The van der Waals surface area contributed by atoms with Crippen LogP contribution in [0.25, 0.3) is 0 Å². The highest BCUT2D eigenvalue weighted by molar-refractivity contribution is 7.81. The van der Waals surface area contributed by atoms with Crippen LogP contribution in [0, 0.1) is 11.8 Å². The Hall–Kier alpha value is 0.310. The zero-order valence-corrected chi connectivity index (χ0v) is 9.14. The summed E-state index contributed by atoms with van der Waals surface area (Å²) in [6, 6.07) is 0. The smallest absolute Gasteiger partial charge is 0.0620 e. The van der Waals surface area contributed by atoms with Crippen LogP contribution in [0.3, 0.4) is 0 Å². The molecule has 2 unspecified atom stereocenters. The summed E-state index contributed by atoms with van der Waals surface area (Å²) in [6.45, 7) is 6.07. The largest absolute Gasteiger partial charge is 0.390 e. The Labute approximate surface area is 81.0 Å². The van der Waals surface area contributed by atoms with Crippen molar-refractivity contribution in [3.05, 3.63) is 0 Å². The van der Waals surface area contributed by atoms with Gasteiger partial charge in [-0.1, -0.05) is 6.92 Å². The van der Waals surface area contributed by atoms with E-state index in [2.05, 4.69) is 19.6 Å². The van der Waals surface area contributed by atoms with E-state index in [0.717, 1.165) is 12.8 Å². The van der Waals surface area contributed by atoms with Crippen LogP contribution in [0.1, 0.15) is 40.0 Å². The monoisotopic (exact) mass is 188 g/mol. The number of rotatable bonds is 1. The van der Waals surface area contributed by atoms with E-state index >= 15 is 0 Å². The third kappa shape index (κ3) is 2.40. The zero-order chi connectivity index (χ0) is 9.35. The summed E-state index contributed by atoms with van der Waals surface area (Å²) in [7, 11) is 0. The Kier molecular flexibility index (Phi) is 3.11. The van der Waals surface area contributed by atoms with Gasteiger partial charge in [-0.25, -0.2) is 0 Å². The van der Waals surface area contributed by atoms with Crippen LogP contribution in [0.2, 0.25) is 0 Å². The van der Waals surface area contributed by atoms with E-state index in [4.69, 9.17) is 0 Å². The molecule has 12 heavy (non-hydrogen) atoms. The first-order chi connectivity index (χ1) is 5.41. The highest BCUT2D eigenvalue weighted by atomic mass is 32.1. The summed E-state index contributed by atoms with van der Waals surface area (Å²) >= 11 is 4.54. The molecule has 1 saturated carbocycles. The highest BCUT2D eigenvalue weighted by Crippen LogP contribution is 2.37. The van der Waals surface area contributed by atoms with E-state index in [9.17, 15) is 5.11 Å². The lowest BCUT2D eigenvalue weighted by Crippen LogP contribution is -2.37. The second-order valence-electron chi connectivity index (χ2n) is 4.71. The van der Waals surface area contributed by atoms with Crippen LogP contribution < -0.4 is 0 Å². The normalized spacial score (nSPS) is 38.2. The van der Waals surface area contributed by atoms with Crippen LogP contribution in [0.5, 0.6) is 0 Å². The Balaban J connectivity index is 2.51. The fourth-order valence-corrected chi connectivity index (χ4v) is 2.34. The van der Waals surface area contributed by atoms with Crippen LogP contribution in [0.4, 0.5) is 0 Å². The quantitative estimate of drug-likeness (QED) is 0.606. The van der Waals surface area contributed by atoms with E-state index in [-0.39, 0.29) is 0 Å². The van der Waals surface area contributed by atoms with Gasteiger partial charge in [-0.2, -0.15) is 12.6 Å². The molecule has 0 saturated heterocycles. The van der Waals surface area contributed by atoms with E-state index in [1.54, 1.807) is 0 Å². The molecule has 1 nitrogen and oxygen atoms in total. The van der Waals surface area contributed by atoms with E-state index in [1.807, 2.05) is 13.8 Å². The molecular weight excluding hydrogens is 168 g/mol. The molecule has 0 bridgehead atoms. The molecule has 1 fully saturated rings. The third-order valence-electron chi connectivity index (χ3n) is 3.15. The molecule has 0 heterocycles. The van der Waals surface area contributed by atoms with Crippen LogP contribution >= 0.6 is 12.6 Å². The van der Waals surface area contributed by atoms with Crippen molar-refractivity contribution in [1.82, 2.24) is 0 Å². The SMILES string of the molecule is CC1CCC(C(C)(C)O)C[C@@H]1S. The summed E-state index contributed by atoms with van der Waals surface area (Å²) in [6.07, 6.45) is 3.43. The molecule has 2 heteroatoms. The molecule has 0 aromatic carbocycles. The van der Waals surface area contributed by atoms with Gasteiger partial charge in [0.1, 0.15) is 0 Å². The third-order valence-corrected chi connectivity index (χ3v) is 3.87. The lowest BCUT2D eigenvalue weighted by molar-refractivity contribution is -0.00310. The fraction of sp³-hybridized carbons (Fsp3) is 1.00. The molecule has 1 aliphatic rings. The summed E-state index contributed by atoms with van der Waals surface area (Å²) in [4.78, 5) is 0. The van der Waals surface area contributed by atoms with Crippen molar-refractivity contribution in [2.75, 3.05) is 0 Å². The van der Waals surface area contributed by atoms with Gasteiger partial charge in [0.25, 0.3) is 0 Å². The molecule has 0 radical (unpaired) electrons. The second kappa shape index (κ2) is 3.59. The summed E-state index contributed by atoms with van der Waals surface area (Å²) in [5.41, 5.74) is -0.513. The minimum Gasteiger partial charge on any atom is -0.390 e. The minimum atomic E-state index is -0.513. The van der Waals surface area contributed by atoms with E-state index in [0.29, 0.717) is 17.1 Å². The average Bonchev–Trinajstić information content (AvgIpc) is 1.92. The van der Waals surface area contributed by atoms with Crippen LogP contribution in [-0.4, -0.2) is 16.0 Å². The molecule has 3 atom stereocenters. The molecule has 0 aromatic heterocycles. The fourth-order valence-electron chi connectivity index (χ4n) is 1.94. The van der Waals surface area contributed by atoms with E-state index in [1.165, 1.54) is 6.42 Å². The first-order valence-corrected chi connectivity index (χ1v) is 5.33. The summed E-state index contributed by atoms with van der Waals surface area (Å²) in [5.74, 6) is 1.16. The number of hydrogen-bond acceptors (Lipinski definition) is 2. The standard InChI is InChI=1S/C10H20OS/c1-7-4-5-8(6-9(7)12)10(2,3)11/h7-9,11-12H,4-6H2,1-3H3/t7?,8?,9-/m0/s1. The predicted molar refractivity (Wildman–Crippen MR) is 55.6 cm³/mol. The molecule has 1 N–H and O–H groups in total. The first-order valence-electron chi connectivity index (χ1n) is 4.81. The first kappa shape index (κ1) is 10.4. The van der Waals surface area contributed by atoms with Gasteiger partial charge in [0.2, 0.25) is 0 Å². The molecule has 1 rings (SSSR count). The number of hydrogen-bond donors (Lipinski definition) is 2. The molecular formula is C10H20OS. The van der Waals surface area contributed by atoms with Gasteiger partial charge >= 0.3 is 0 Å². The minimum absolute atomic E-state index is 0.441. The maximum absolute atomic E-state index is 9.81. The average molecular weight is 188 g/mol. The van der Waals surface area contributed by atoms with Gasteiger partial charge in [0, 0.05) is 5.25 Å². The van der Waals surface area contributed by atoms with Gasteiger partial charge in [-0.05, 0) is 44.9 Å². The molecule has 1 aliphatic carbocycles. The van der Waals surface area contributed by atoms with Crippen molar-refractivity contribution in [1.29, 1.82) is 0 Å². The van der Waals surface area contributed by atoms with Crippen molar-refractivity contribution in [2.45, 2.75) is 50.9 Å². The Morgan fingerprint density at radius 2 is 1.92 bits per heavy atom. The van der Waals surface area contributed by atoms with E-state index < -0.39 is 5.60 Å². The number of thiol groups is 1. The number of aliphatic hydroxyl groups is 1. The Bertz CT molecular complexity index is 150. The van der Waals surface area contributed by atoms with Gasteiger partial charge < -0.3 is 5.11 Å². The second-order valence-corrected chi connectivity index (χ2v) is 5.37. The molecule has 0 aliphatic heterocycles. The lowest BCUT2D eigenvalue weighted by Gasteiger charge is -2.38. The molecule has 0 amide bonds. The zero-order valence-electron chi connectivity index (χ0n) is 8.25. The van der Waals surface area contributed by atoms with Gasteiger partial charge in [-0.3, -0.25) is 0 Å². The Morgan fingerprint density at radius 3 is 2.33 bits per heavy atom. The van der Waals surface area contributed by atoms with Gasteiger partial charge in [0.05, 0.1) is 5.60 Å². The van der Waals surface area contributed by atoms with Crippen molar-refractivity contribution in [3.8, 4) is 0 Å². The van der Waals surface area contributed by atoms with Crippen molar-refractivity contribution >= 4 is 12.6 Å². The van der Waals surface area contributed by atoms with Crippen LogP contribution in [0.15, 0.2) is 0 Å². The lowest BCUT2D eigenvalue weighted by atomic mass is 9.75. The van der Waals surface area contributed by atoms with Crippen molar-refractivity contribution in [2.24, 2.45) is 11.8 Å². The summed E-state index contributed by atoms with van der Waals surface area (Å²) in [5, 5.41) is 10.3. The molecule has 72 valence electrons. The van der Waals surface area contributed by atoms with Crippen LogP contribution in [-0.2, 0) is 0 Å².